The highest BCUT2D eigenvalue weighted by Crippen LogP contribution is 2.51. The fourth-order valence-corrected chi connectivity index (χ4v) is 6.23. The van der Waals surface area contributed by atoms with Gasteiger partial charge < -0.3 is 4.90 Å². The molecule has 2 aliphatic heterocycles. The van der Waals surface area contributed by atoms with Crippen LogP contribution in [0.25, 0.3) is 0 Å². The number of thioether (sulfide) groups is 2. The average Bonchev–Trinajstić information content (AvgIpc) is 3.35. The topological polar surface area (TPSA) is 35.9 Å². The second-order valence-electron chi connectivity index (χ2n) is 7.40. The lowest BCUT2D eigenvalue weighted by atomic mass is 10.2. The van der Waals surface area contributed by atoms with Crippen molar-refractivity contribution in [2.75, 3.05) is 16.3 Å². The molecule has 4 nitrogen and oxygen atoms in total. The summed E-state index contributed by atoms with van der Waals surface area (Å²) in [7, 11) is 0. The Labute approximate surface area is 205 Å². The Hall–Kier alpha value is -2.74. The normalized spacial score (nSPS) is 19.0. The van der Waals surface area contributed by atoms with Gasteiger partial charge in [0.25, 0.3) is 5.91 Å². The number of anilines is 2. The molecule has 0 unspecified atom stereocenters. The Balaban J connectivity index is 1.57. The lowest BCUT2D eigenvalue weighted by Crippen LogP contribution is -2.30. The van der Waals surface area contributed by atoms with Gasteiger partial charge in [0.2, 0.25) is 0 Å². The average molecular weight is 496 g/mol. The molecular weight excluding hydrogens is 477 g/mol. The van der Waals surface area contributed by atoms with Crippen LogP contribution >= 0.6 is 35.1 Å². The van der Waals surface area contributed by atoms with E-state index in [0.29, 0.717) is 33.9 Å². The molecule has 3 aromatic carbocycles. The number of benzene rings is 3. The zero-order valence-electron chi connectivity index (χ0n) is 17.7. The van der Waals surface area contributed by atoms with E-state index < -0.39 is 0 Å². The van der Waals surface area contributed by atoms with E-state index in [2.05, 4.69) is 4.90 Å². The van der Waals surface area contributed by atoms with Crippen LogP contribution in [0.4, 0.5) is 15.8 Å². The van der Waals surface area contributed by atoms with Crippen LogP contribution in [-0.4, -0.2) is 17.6 Å². The number of carbonyl (C=O) groups excluding carboxylic acids is 1. The summed E-state index contributed by atoms with van der Waals surface area (Å²) in [6, 6.07) is 21.6. The van der Waals surface area contributed by atoms with Crippen molar-refractivity contribution in [3.63, 3.8) is 0 Å². The summed E-state index contributed by atoms with van der Waals surface area (Å²) in [4.78, 5) is 23.8. The van der Waals surface area contributed by atoms with Crippen molar-refractivity contribution in [2.24, 2.45) is 4.99 Å². The maximum absolute atomic E-state index is 13.7. The van der Waals surface area contributed by atoms with E-state index in [1.807, 2.05) is 55.5 Å². The number of carbonyl (C=O) groups is 1. The number of amides is 1. The molecule has 0 radical (unpaired) electrons. The fourth-order valence-electron chi connectivity index (χ4n) is 3.71. The zero-order chi connectivity index (χ0) is 22.9. The van der Waals surface area contributed by atoms with Gasteiger partial charge in [0.05, 0.1) is 17.9 Å². The minimum atomic E-state index is -0.352. The largest absolute Gasteiger partial charge is 0.334 e. The fraction of sp³-hybridized carbons (Fsp3) is 0.120. The summed E-state index contributed by atoms with van der Waals surface area (Å²) in [5.74, 6) is -0.520. The molecule has 3 aromatic rings. The lowest BCUT2D eigenvalue weighted by molar-refractivity contribution is -0.113. The lowest BCUT2D eigenvalue weighted by Gasteiger charge is -2.19. The number of fused-ring (bicyclic) bond motifs is 1. The standard InChI is InChI=1S/C25H19ClFN3OS2/c1-2-29-20-14-17(26)8-13-21(20)32-24(29)22-23(31)30(19-11-9-18(27)10-12-19)25(33-22)28-15-16-6-4-3-5-7-16/h3-14H,2,15H2,1H3/b24-22-,28-25?. The number of aliphatic imine (C=N–C) groups is 1. The summed E-state index contributed by atoms with van der Waals surface area (Å²) in [6.07, 6.45) is 0. The predicted octanol–water partition coefficient (Wildman–Crippen LogP) is 6.92. The minimum absolute atomic E-state index is 0.168. The molecular formula is C25H19ClFN3OS2. The Kier molecular flexibility index (Phi) is 6.19. The van der Waals surface area contributed by atoms with Gasteiger partial charge in [-0.3, -0.25) is 14.7 Å². The van der Waals surface area contributed by atoms with Crippen LogP contribution in [0.1, 0.15) is 12.5 Å². The smallest absolute Gasteiger partial charge is 0.274 e. The second kappa shape index (κ2) is 9.25. The third-order valence-electron chi connectivity index (χ3n) is 5.28. The quantitative estimate of drug-likeness (QED) is 0.368. The molecule has 166 valence electrons. The number of nitrogens with zero attached hydrogens (tertiary/aromatic N) is 3. The highest BCUT2D eigenvalue weighted by Gasteiger charge is 2.40. The van der Waals surface area contributed by atoms with Crippen molar-refractivity contribution in [1.29, 1.82) is 0 Å². The molecule has 1 fully saturated rings. The summed E-state index contributed by atoms with van der Waals surface area (Å²) in [5.41, 5.74) is 2.63. The van der Waals surface area contributed by atoms with Crippen molar-refractivity contribution in [1.82, 2.24) is 0 Å². The van der Waals surface area contributed by atoms with E-state index in [1.54, 1.807) is 28.8 Å². The highest BCUT2D eigenvalue weighted by atomic mass is 35.5. The second-order valence-corrected chi connectivity index (χ2v) is 9.84. The third kappa shape index (κ3) is 4.28. The van der Waals surface area contributed by atoms with E-state index in [-0.39, 0.29) is 11.7 Å². The van der Waals surface area contributed by atoms with Crippen molar-refractivity contribution < 1.29 is 9.18 Å². The first-order valence-electron chi connectivity index (χ1n) is 10.4. The molecule has 0 aromatic heterocycles. The van der Waals surface area contributed by atoms with Crippen LogP contribution in [0, 0.1) is 5.82 Å². The number of hydrogen-bond donors (Lipinski definition) is 0. The van der Waals surface area contributed by atoms with Crippen LogP contribution < -0.4 is 9.80 Å². The maximum atomic E-state index is 13.7. The monoisotopic (exact) mass is 495 g/mol. The van der Waals surface area contributed by atoms with Gasteiger partial charge in [-0.2, -0.15) is 0 Å². The van der Waals surface area contributed by atoms with E-state index in [9.17, 15) is 9.18 Å². The third-order valence-corrected chi connectivity index (χ3v) is 7.89. The SMILES string of the molecule is CCN1/C(=C2/SC(=NCc3ccccc3)N(c3ccc(F)cc3)C2=O)Sc2ccc(Cl)cc21. The molecule has 0 aliphatic carbocycles. The molecule has 0 saturated carbocycles. The van der Waals surface area contributed by atoms with E-state index in [0.717, 1.165) is 21.2 Å². The van der Waals surface area contributed by atoms with Gasteiger partial charge in [0.1, 0.15) is 15.8 Å². The molecule has 33 heavy (non-hydrogen) atoms. The zero-order valence-corrected chi connectivity index (χ0v) is 20.1. The molecule has 1 amide bonds. The highest BCUT2D eigenvalue weighted by molar-refractivity contribution is 8.20. The summed E-state index contributed by atoms with van der Waals surface area (Å²) < 4.78 is 13.6. The van der Waals surface area contributed by atoms with Crippen molar-refractivity contribution >= 4 is 57.6 Å². The van der Waals surface area contributed by atoms with Crippen LogP contribution in [-0.2, 0) is 11.3 Å². The van der Waals surface area contributed by atoms with Crippen LogP contribution in [0.15, 0.2) is 92.6 Å². The van der Waals surface area contributed by atoms with E-state index in [1.165, 1.54) is 23.9 Å². The van der Waals surface area contributed by atoms with Gasteiger partial charge in [-0.05, 0) is 66.7 Å². The summed E-state index contributed by atoms with van der Waals surface area (Å²) in [6.45, 7) is 3.18. The van der Waals surface area contributed by atoms with Gasteiger partial charge in [-0.15, -0.1) is 0 Å². The Morgan fingerprint density at radius 3 is 2.48 bits per heavy atom. The molecule has 0 bridgehead atoms. The predicted molar refractivity (Wildman–Crippen MR) is 136 cm³/mol. The molecule has 8 heteroatoms. The Morgan fingerprint density at radius 1 is 1.00 bits per heavy atom. The van der Waals surface area contributed by atoms with Crippen molar-refractivity contribution in [3.05, 3.63) is 99.1 Å². The van der Waals surface area contributed by atoms with E-state index in [4.69, 9.17) is 16.6 Å². The van der Waals surface area contributed by atoms with E-state index >= 15 is 0 Å². The first-order valence-corrected chi connectivity index (χ1v) is 12.4. The molecule has 2 aliphatic rings. The van der Waals surface area contributed by atoms with Crippen molar-refractivity contribution in [2.45, 2.75) is 18.4 Å². The Bertz CT molecular complexity index is 1280. The van der Waals surface area contributed by atoms with Crippen molar-refractivity contribution in [3.8, 4) is 0 Å². The molecule has 1 saturated heterocycles. The van der Waals surface area contributed by atoms with Crippen LogP contribution in [0.2, 0.25) is 5.02 Å². The van der Waals surface area contributed by atoms with Gasteiger partial charge >= 0.3 is 0 Å². The molecule has 5 rings (SSSR count). The summed E-state index contributed by atoms with van der Waals surface area (Å²) >= 11 is 9.15. The number of hydrogen-bond acceptors (Lipinski definition) is 5. The first-order chi connectivity index (χ1) is 16.0. The number of halogens is 2. The molecule has 0 atom stereocenters. The first kappa shape index (κ1) is 22.1. The van der Waals surface area contributed by atoms with Gasteiger partial charge in [0.15, 0.2) is 5.17 Å². The maximum Gasteiger partial charge on any atom is 0.274 e. The molecule has 0 N–H and O–H groups in total. The van der Waals surface area contributed by atoms with Gasteiger partial charge in [-0.25, -0.2) is 4.39 Å². The minimum Gasteiger partial charge on any atom is -0.334 e. The number of amidine groups is 1. The summed E-state index contributed by atoms with van der Waals surface area (Å²) in [5, 5.41) is 2.09. The van der Waals surface area contributed by atoms with Gasteiger partial charge in [0, 0.05) is 16.5 Å². The molecule has 0 spiro atoms. The Morgan fingerprint density at radius 2 is 1.76 bits per heavy atom. The molecule has 2 heterocycles. The van der Waals surface area contributed by atoms with Gasteiger partial charge in [-0.1, -0.05) is 53.7 Å². The van der Waals surface area contributed by atoms with Crippen LogP contribution in [0.5, 0.6) is 0 Å². The van der Waals surface area contributed by atoms with Crippen LogP contribution in [0.3, 0.4) is 0 Å². The number of rotatable bonds is 4.